The molecule has 0 bridgehead atoms. The second-order valence-corrected chi connectivity index (χ2v) is 10.2. The van der Waals surface area contributed by atoms with Crippen molar-refractivity contribution in [2.45, 2.75) is 95.5 Å². The van der Waals surface area contributed by atoms with Crippen LogP contribution >= 0.6 is 22.6 Å². The molecule has 0 amide bonds. The van der Waals surface area contributed by atoms with Crippen LogP contribution in [0.5, 0.6) is 0 Å². The van der Waals surface area contributed by atoms with Gasteiger partial charge in [-0.2, -0.15) is 136 Å². The zero-order valence-corrected chi connectivity index (χ0v) is 23.2. The molecule has 0 rings (SSSR count). The SMILES string of the molecule is FC(F)(F)C(F)(F)C(F)(F)C(F)(F)C(F)(F)C(F)(F)C(F)(F)C(F)(F)C(F)(F)C(F)(F)C(F)(F)C(F)(F)C(F)(F)C(F)(F)C(F)(F)CCI. The Labute approximate surface area is 259 Å². The van der Waals surface area contributed by atoms with Gasteiger partial charge in [-0.25, -0.2) is 0 Å². The summed E-state index contributed by atoms with van der Waals surface area (Å²) < 4.78 is 413. The average Bonchev–Trinajstić information content (AvgIpc) is 2.86. The summed E-state index contributed by atoms with van der Waals surface area (Å²) in [5, 5.41) is 0. The fourth-order valence-electron chi connectivity index (χ4n) is 2.85. The Kier molecular flexibility index (Phi) is 11.4. The predicted octanol–water partition coefficient (Wildman–Crippen LogP) is 11.3. The summed E-state index contributed by atoms with van der Waals surface area (Å²) in [5.74, 6) is -131. The van der Waals surface area contributed by atoms with Crippen LogP contribution in [0.1, 0.15) is 6.42 Å². The van der Waals surface area contributed by atoms with Crippen LogP contribution in [0.15, 0.2) is 0 Å². The first-order chi connectivity index (χ1) is 20.6. The highest BCUT2D eigenvalue weighted by molar-refractivity contribution is 14.1. The van der Waals surface area contributed by atoms with E-state index in [0.717, 1.165) is 0 Å². The van der Waals surface area contributed by atoms with Crippen LogP contribution in [-0.2, 0) is 0 Å². The maximum absolute atomic E-state index is 13.8. The predicted molar refractivity (Wildman–Crippen MR) is 98.8 cm³/mol. The summed E-state index contributed by atoms with van der Waals surface area (Å²) in [5.41, 5.74) is 0. The van der Waals surface area contributed by atoms with Gasteiger partial charge in [0.2, 0.25) is 0 Å². The molecule has 0 saturated heterocycles. The van der Waals surface area contributed by atoms with E-state index in [1.54, 1.807) is 0 Å². The van der Waals surface area contributed by atoms with Gasteiger partial charge >= 0.3 is 89.1 Å². The molecule has 0 N–H and O–H groups in total. The fourth-order valence-corrected chi connectivity index (χ4v) is 3.53. The Balaban J connectivity index is 7.62. The lowest BCUT2D eigenvalue weighted by molar-refractivity contribution is -0.489. The molecule has 0 aliphatic heterocycles. The minimum absolute atomic E-state index is 0.528. The van der Waals surface area contributed by atoms with E-state index < -0.39 is 99.9 Å². The molecule has 32 heteroatoms. The molecule has 0 atom stereocenters. The van der Waals surface area contributed by atoms with Gasteiger partial charge in [0.05, 0.1) is 0 Å². The molecule has 0 nitrogen and oxygen atoms in total. The van der Waals surface area contributed by atoms with E-state index in [-0.39, 0.29) is 0 Å². The summed E-state index contributed by atoms with van der Waals surface area (Å²) in [7, 11) is 0. The van der Waals surface area contributed by atoms with E-state index in [1.165, 1.54) is 0 Å². The highest BCUT2D eigenvalue weighted by Crippen LogP contribution is 2.69. The molecule has 0 aromatic rings. The minimum atomic E-state index is -10.0. The molecule has 0 aromatic carbocycles. The number of alkyl halides is 32. The summed E-state index contributed by atoms with van der Waals surface area (Å²) in [6.07, 6.45) is -11.2. The second kappa shape index (κ2) is 11.8. The number of hydrogen-bond acceptors (Lipinski definition) is 0. The van der Waals surface area contributed by atoms with Gasteiger partial charge in [-0.05, 0) is 0 Å². The molecule has 0 aliphatic rings. The molecule has 0 aliphatic carbocycles. The van der Waals surface area contributed by atoms with Crippen molar-refractivity contribution in [3.63, 3.8) is 0 Å². The smallest absolute Gasteiger partial charge is 0.200 e. The molecule has 0 radical (unpaired) electrons. The second-order valence-electron chi connectivity index (χ2n) is 9.11. The van der Waals surface area contributed by atoms with Gasteiger partial charge in [-0.1, -0.05) is 22.6 Å². The normalized spacial score (nSPS) is 17.1. The summed E-state index contributed by atoms with van der Waals surface area (Å²) >= 11 is 0.528. The quantitative estimate of drug-likeness (QED) is 0.0872. The van der Waals surface area contributed by atoms with Crippen LogP contribution in [0.25, 0.3) is 0 Å². The summed E-state index contributed by atoms with van der Waals surface area (Å²) in [6.45, 7) is 0. The lowest BCUT2D eigenvalue weighted by Gasteiger charge is -2.46. The van der Waals surface area contributed by atoms with Gasteiger partial charge in [0.1, 0.15) is 0 Å². The number of halogens is 32. The molecular weight excluding hydrogens is 920 g/mol. The fraction of sp³-hybridized carbons (Fsp3) is 1.00. The van der Waals surface area contributed by atoms with Crippen LogP contribution in [-0.4, -0.2) is 93.5 Å². The third-order valence-corrected chi connectivity index (χ3v) is 6.50. The van der Waals surface area contributed by atoms with Crippen molar-refractivity contribution in [1.82, 2.24) is 0 Å². The van der Waals surface area contributed by atoms with Crippen molar-refractivity contribution in [1.29, 1.82) is 0 Å². The maximum atomic E-state index is 13.8. The molecule has 0 unspecified atom stereocenters. The molecule has 0 aromatic heterocycles. The van der Waals surface area contributed by atoms with Crippen molar-refractivity contribution in [2.24, 2.45) is 0 Å². The van der Waals surface area contributed by atoms with Gasteiger partial charge in [-0.15, -0.1) is 0 Å². The Morgan fingerprint density at radius 3 is 0.510 bits per heavy atom. The third kappa shape index (κ3) is 5.59. The highest BCUT2D eigenvalue weighted by Gasteiger charge is 3.01. The lowest BCUT2D eigenvalue weighted by Crippen LogP contribution is -2.79. The average molecular weight is 924 g/mol. The van der Waals surface area contributed by atoms with E-state index in [4.69, 9.17) is 0 Å². The Morgan fingerprint density at radius 2 is 0.367 bits per heavy atom. The van der Waals surface area contributed by atoms with Crippen LogP contribution in [0.4, 0.5) is 136 Å². The highest BCUT2D eigenvalue weighted by atomic mass is 127. The van der Waals surface area contributed by atoms with E-state index >= 15 is 0 Å². The van der Waals surface area contributed by atoms with E-state index in [9.17, 15) is 136 Å². The first kappa shape index (κ1) is 47.6. The van der Waals surface area contributed by atoms with Crippen LogP contribution in [0.3, 0.4) is 0 Å². The topological polar surface area (TPSA) is 0 Å². The molecule has 0 saturated carbocycles. The molecule has 0 fully saturated rings. The largest absolute Gasteiger partial charge is 0.460 e. The first-order valence-electron chi connectivity index (χ1n) is 10.5. The van der Waals surface area contributed by atoms with Gasteiger partial charge in [0, 0.05) is 10.8 Å². The minimum Gasteiger partial charge on any atom is -0.200 e. The van der Waals surface area contributed by atoms with Gasteiger partial charge in [-0.3, -0.25) is 0 Å². The van der Waals surface area contributed by atoms with Gasteiger partial charge in [0.25, 0.3) is 0 Å². The van der Waals surface area contributed by atoms with Gasteiger partial charge in [0.15, 0.2) is 0 Å². The van der Waals surface area contributed by atoms with E-state index in [2.05, 4.69) is 0 Å². The van der Waals surface area contributed by atoms with Crippen molar-refractivity contribution >= 4 is 22.6 Å². The Bertz CT molecular complexity index is 1190. The molecule has 0 heterocycles. The molecule has 296 valence electrons. The van der Waals surface area contributed by atoms with Crippen LogP contribution in [0, 0.1) is 0 Å². The van der Waals surface area contributed by atoms with Crippen molar-refractivity contribution < 1.29 is 136 Å². The molecule has 0 spiro atoms. The van der Waals surface area contributed by atoms with Crippen LogP contribution in [0.2, 0.25) is 0 Å². The Morgan fingerprint density at radius 1 is 0.224 bits per heavy atom. The first-order valence-corrected chi connectivity index (χ1v) is 12.0. The van der Waals surface area contributed by atoms with Gasteiger partial charge < -0.3 is 0 Å². The van der Waals surface area contributed by atoms with Crippen molar-refractivity contribution in [2.75, 3.05) is 4.43 Å². The zero-order valence-electron chi connectivity index (χ0n) is 21.0. The summed E-state index contributed by atoms with van der Waals surface area (Å²) in [6, 6.07) is 0. The lowest BCUT2D eigenvalue weighted by atomic mass is 9.83. The maximum Gasteiger partial charge on any atom is 0.460 e. The molecule has 49 heavy (non-hydrogen) atoms. The Hall–Kier alpha value is -1.44. The van der Waals surface area contributed by atoms with E-state index in [1.807, 2.05) is 0 Å². The van der Waals surface area contributed by atoms with E-state index in [0.29, 0.717) is 22.6 Å². The third-order valence-electron chi connectivity index (χ3n) is 5.96. The monoisotopic (exact) mass is 924 g/mol. The standard InChI is InChI=1S/C17H4F31I/c18-3(19,1-2-49)4(20,21)5(22,23)6(24,25)7(26,27)8(28,29)9(30,31)10(32,33)11(34,35)12(36,37)13(38,39)14(40,41)15(42,43)16(44,45)17(46,47)48/h1-2H2. The van der Waals surface area contributed by atoms with Crippen LogP contribution < -0.4 is 0 Å². The number of rotatable bonds is 15. The molecular formula is C17H4F31I. The van der Waals surface area contributed by atoms with Crippen molar-refractivity contribution in [3.8, 4) is 0 Å². The number of hydrogen-bond donors (Lipinski definition) is 0. The zero-order chi connectivity index (χ0) is 40.9. The summed E-state index contributed by atoms with van der Waals surface area (Å²) in [4.78, 5) is 0. The van der Waals surface area contributed by atoms with Crippen molar-refractivity contribution in [3.05, 3.63) is 0 Å².